The number of hydrogen-bond donors (Lipinski definition) is 1. The Kier molecular flexibility index (Phi) is 5.26. The van der Waals surface area contributed by atoms with Crippen LogP contribution >= 0.6 is 12.4 Å². The lowest BCUT2D eigenvalue weighted by Crippen LogP contribution is -2.41. The van der Waals surface area contributed by atoms with Crippen molar-refractivity contribution in [2.24, 2.45) is 17.1 Å². The summed E-state index contributed by atoms with van der Waals surface area (Å²) in [5.41, 5.74) is 5.67. The van der Waals surface area contributed by atoms with Gasteiger partial charge in [-0.1, -0.05) is 19.8 Å². The SMILES string of the molecule is CCC1(C(=O)N2CCC(CN)C2)CCCC1.Cl. The molecule has 2 aliphatic rings. The number of amides is 1. The molecular weight excluding hydrogens is 236 g/mol. The summed E-state index contributed by atoms with van der Waals surface area (Å²) in [5, 5.41) is 0. The number of halogens is 1. The van der Waals surface area contributed by atoms with E-state index in [4.69, 9.17) is 5.73 Å². The van der Waals surface area contributed by atoms with Crippen molar-refractivity contribution in [3.8, 4) is 0 Å². The average Bonchev–Trinajstić information content (AvgIpc) is 2.98. The molecule has 1 aliphatic carbocycles. The minimum Gasteiger partial charge on any atom is -0.342 e. The molecule has 1 saturated carbocycles. The van der Waals surface area contributed by atoms with E-state index in [-0.39, 0.29) is 17.8 Å². The van der Waals surface area contributed by atoms with E-state index >= 15 is 0 Å². The van der Waals surface area contributed by atoms with Gasteiger partial charge >= 0.3 is 0 Å². The summed E-state index contributed by atoms with van der Waals surface area (Å²) in [6.07, 6.45) is 6.78. The lowest BCUT2D eigenvalue weighted by Gasteiger charge is -2.31. The molecule has 0 radical (unpaired) electrons. The molecule has 4 heteroatoms. The average molecular weight is 261 g/mol. The van der Waals surface area contributed by atoms with Crippen LogP contribution in [-0.4, -0.2) is 30.4 Å². The van der Waals surface area contributed by atoms with Gasteiger partial charge in [-0.2, -0.15) is 0 Å². The smallest absolute Gasteiger partial charge is 0.228 e. The van der Waals surface area contributed by atoms with E-state index in [1.54, 1.807) is 0 Å². The quantitative estimate of drug-likeness (QED) is 0.846. The summed E-state index contributed by atoms with van der Waals surface area (Å²) < 4.78 is 0. The summed E-state index contributed by atoms with van der Waals surface area (Å²) in [4.78, 5) is 14.6. The summed E-state index contributed by atoms with van der Waals surface area (Å²) in [7, 11) is 0. The van der Waals surface area contributed by atoms with Crippen LogP contribution in [0.15, 0.2) is 0 Å². The molecule has 17 heavy (non-hydrogen) atoms. The van der Waals surface area contributed by atoms with Gasteiger partial charge in [0.2, 0.25) is 5.91 Å². The molecule has 1 saturated heterocycles. The molecule has 0 aromatic heterocycles. The highest BCUT2D eigenvalue weighted by Crippen LogP contribution is 2.43. The van der Waals surface area contributed by atoms with E-state index in [9.17, 15) is 4.79 Å². The first-order chi connectivity index (χ1) is 7.72. The number of nitrogens with two attached hydrogens (primary N) is 1. The van der Waals surface area contributed by atoms with Gasteiger partial charge in [0.15, 0.2) is 0 Å². The van der Waals surface area contributed by atoms with Gasteiger partial charge in [-0.25, -0.2) is 0 Å². The maximum absolute atomic E-state index is 12.5. The summed E-state index contributed by atoms with van der Waals surface area (Å²) in [6.45, 7) is 4.72. The van der Waals surface area contributed by atoms with Crippen LogP contribution in [0, 0.1) is 11.3 Å². The van der Waals surface area contributed by atoms with Crippen LogP contribution in [0.4, 0.5) is 0 Å². The third-order valence-electron chi connectivity index (χ3n) is 4.60. The zero-order valence-corrected chi connectivity index (χ0v) is 11.6. The maximum Gasteiger partial charge on any atom is 0.228 e. The largest absolute Gasteiger partial charge is 0.342 e. The van der Waals surface area contributed by atoms with Crippen molar-refractivity contribution in [2.45, 2.75) is 45.4 Å². The van der Waals surface area contributed by atoms with Crippen LogP contribution in [-0.2, 0) is 4.79 Å². The number of hydrogen-bond acceptors (Lipinski definition) is 2. The van der Waals surface area contributed by atoms with Crippen LogP contribution < -0.4 is 5.73 Å². The summed E-state index contributed by atoms with van der Waals surface area (Å²) in [5.74, 6) is 0.961. The molecule has 0 aromatic carbocycles. The number of carbonyl (C=O) groups excluding carboxylic acids is 1. The number of rotatable bonds is 3. The molecule has 100 valence electrons. The van der Waals surface area contributed by atoms with Gasteiger partial charge in [0.05, 0.1) is 0 Å². The minimum atomic E-state index is -0.0104. The van der Waals surface area contributed by atoms with Crippen LogP contribution in [0.2, 0.25) is 0 Å². The summed E-state index contributed by atoms with van der Waals surface area (Å²) >= 11 is 0. The van der Waals surface area contributed by atoms with Gasteiger partial charge in [0, 0.05) is 18.5 Å². The van der Waals surface area contributed by atoms with Gasteiger partial charge in [0.1, 0.15) is 0 Å². The van der Waals surface area contributed by atoms with Gasteiger partial charge in [-0.3, -0.25) is 4.79 Å². The van der Waals surface area contributed by atoms with Crippen molar-refractivity contribution in [1.29, 1.82) is 0 Å². The number of carbonyl (C=O) groups is 1. The van der Waals surface area contributed by atoms with Crippen molar-refractivity contribution >= 4 is 18.3 Å². The van der Waals surface area contributed by atoms with Crippen LogP contribution in [0.1, 0.15) is 45.4 Å². The monoisotopic (exact) mass is 260 g/mol. The lowest BCUT2D eigenvalue weighted by molar-refractivity contribution is -0.141. The van der Waals surface area contributed by atoms with Crippen molar-refractivity contribution < 1.29 is 4.79 Å². The number of likely N-dealkylation sites (tertiary alicyclic amines) is 1. The second kappa shape index (κ2) is 6.05. The van der Waals surface area contributed by atoms with E-state index in [0.717, 1.165) is 45.3 Å². The zero-order valence-electron chi connectivity index (χ0n) is 10.8. The molecule has 2 fully saturated rings. The lowest BCUT2D eigenvalue weighted by atomic mass is 9.82. The molecule has 0 spiro atoms. The molecule has 3 nitrogen and oxygen atoms in total. The van der Waals surface area contributed by atoms with Crippen molar-refractivity contribution in [3.63, 3.8) is 0 Å². The van der Waals surface area contributed by atoms with Gasteiger partial charge in [-0.05, 0) is 38.1 Å². The second-order valence-electron chi connectivity index (χ2n) is 5.48. The fourth-order valence-electron chi connectivity index (χ4n) is 3.32. The first-order valence-electron chi connectivity index (χ1n) is 6.71. The predicted molar refractivity (Wildman–Crippen MR) is 72.2 cm³/mol. The Balaban J connectivity index is 0.00000144. The van der Waals surface area contributed by atoms with Crippen molar-refractivity contribution in [2.75, 3.05) is 19.6 Å². The molecule has 0 bridgehead atoms. The predicted octanol–water partition coefficient (Wildman–Crippen LogP) is 2.19. The normalized spacial score (nSPS) is 26.9. The fourth-order valence-corrected chi connectivity index (χ4v) is 3.32. The molecule has 1 amide bonds. The van der Waals surface area contributed by atoms with Crippen molar-refractivity contribution in [3.05, 3.63) is 0 Å². The highest BCUT2D eigenvalue weighted by atomic mass is 35.5. The Morgan fingerprint density at radius 1 is 1.41 bits per heavy atom. The molecular formula is C13H25ClN2O. The molecule has 0 aromatic rings. The number of nitrogens with zero attached hydrogens (tertiary/aromatic N) is 1. The first kappa shape index (κ1) is 14.8. The van der Waals surface area contributed by atoms with Crippen molar-refractivity contribution in [1.82, 2.24) is 4.90 Å². The minimum absolute atomic E-state index is 0. The Labute approximate surface area is 111 Å². The Hall–Kier alpha value is -0.280. The third-order valence-corrected chi connectivity index (χ3v) is 4.60. The first-order valence-corrected chi connectivity index (χ1v) is 6.71. The molecule has 2 rings (SSSR count). The topological polar surface area (TPSA) is 46.3 Å². The standard InChI is InChI=1S/C13H24N2O.ClH/c1-2-13(6-3-4-7-13)12(16)15-8-5-11(9-14)10-15;/h11H,2-10,14H2,1H3;1H. The van der Waals surface area contributed by atoms with Crippen LogP contribution in [0.5, 0.6) is 0 Å². The highest BCUT2D eigenvalue weighted by Gasteiger charge is 2.43. The van der Waals surface area contributed by atoms with Crippen LogP contribution in [0.3, 0.4) is 0 Å². The second-order valence-corrected chi connectivity index (χ2v) is 5.48. The molecule has 1 aliphatic heterocycles. The van der Waals surface area contributed by atoms with Gasteiger partial charge in [-0.15, -0.1) is 12.4 Å². The van der Waals surface area contributed by atoms with E-state index in [1.165, 1.54) is 12.8 Å². The summed E-state index contributed by atoms with van der Waals surface area (Å²) in [6, 6.07) is 0. The Morgan fingerprint density at radius 2 is 2.06 bits per heavy atom. The molecule has 1 heterocycles. The van der Waals surface area contributed by atoms with E-state index in [2.05, 4.69) is 11.8 Å². The fraction of sp³-hybridized carbons (Fsp3) is 0.923. The molecule has 2 N–H and O–H groups in total. The molecule has 1 atom stereocenters. The van der Waals surface area contributed by atoms with Gasteiger partial charge < -0.3 is 10.6 Å². The Bertz CT molecular complexity index is 264. The Morgan fingerprint density at radius 3 is 2.53 bits per heavy atom. The maximum atomic E-state index is 12.5. The zero-order chi connectivity index (χ0) is 11.6. The van der Waals surface area contributed by atoms with E-state index in [0.29, 0.717) is 11.8 Å². The van der Waals surface area contributed by atoms with E-state index < -0.39 is 0 Å². The molecule has 1 unspecified atom stereocenters. The van der Waals surface area contributed by atoms with E-state index in [1.807, 2.05) is 0 Å². The van der Waals surface area contributed by atoms with Crippen LogP contribution in [0.25, 0.3) is 0 Å². The van der Waals surface area contributed by atoms with Gasteiger partial charge in [0.25, 0.3) is 0 Å². The third kappa shape index (κ3) is 2.76. The highest BCUT2D eigenvalue weighted by molar-refractivity contribution is 5.85.